The largest absolute Gasteiger partial charge is 0.461 e. The fourth-order valence-electron chi connectivity index (χ4n) is 2.93. The summed E-state index contributed by atoms with van der Waals surface area (Å²) in [5.74, 6) is -0.363. The van der Waals surface area contributed by atoms with Crippen molar-refractivity contribution in [3.63, 3.8) is 0 Å². The van der Waals surface area contributed by atoms with E-state index in [0.29, 0.717) is 23.9 Å². The molecule has 0 spiro atoms. The molecule has 1 aromatic carbocycles. The molecule has 0 aliphatic carbocycles. The van der Waals surface area contributed by atoms with Crippen molar-refractivity contribution in [2.45, 2.75) is 26.8 Å². The highest BCUT2D eigenvalue weighted by Gasteiger charge is 2.28. The number of ether oxygens (including phenoxy) is 1. The first-order valence-corrected chi connectivity index (χ1v) is 8.12. The highest BCUT2D eigenvalue weighted by Crippen LogP contribution is 2.28. The molecular formula is C17H20ClN3O2. The summed E-state index contributed by atoms with van der Waals surface area (Å²) < 4.78 is 7.03. The minimum absolute atomic E-state index is 0.340. The lowest BCUT2D eigenvalue weighted by molar-refractivity contribution is 0.0516. The first kappa shape index (κ1) is 16.0. The average Bonchev–Trinajstić information content (AvgIpc) is 2.88. The van der Waals surface area contributed by atoms with Crippen LogP contribution in [0.5, 0.6) is 0 Å². The molecule has 23 heavy (non-hydrogen) atoms. The number of hydrogen-bond donors (Lipinski definition) is 0. The van der Waals surface area contributed by atoms with E-state index >= 15 is 0 Å². The van der Waals surface area contributed by atoms with Gasteiger partial charge >= 0.3 is 5.97 Å². The van der Waals surface area contributed by atoms with Gasteiger partial charge in [-0.3, -0.25) is 0 Å². The van der Waals surface area contributed by atoms with E-state index in [1.165, 1.54) is 0 Å². The molecule has 0 N–H and O–H groups in total. The molecule has 0 saturated carbocycles. The standard InChI is InChI=1S/C17H20ClN3O2/c1-4-23-17(22)16-13-10-20(3)8-7-14(13)21(19-16)15-9-12(18)6-5-11(15)2/h5-6,9H,4,7-8,10H2,1-3H3. The number of likely N-dealkylation sites (N-methyl/N-ethyl adjacent to an activating group) is 1. The number of rotatable bonds is 3. The van der Waals surface area contributed by atoms with Crippen molar-refractivity contribution < 1.29 is 9.53 Å². The molecule has 5 nitrogen and oxygen atoms in total. The van der Waals surface area contributed by atoms with Gasteiger partial charge in [0.05, 0.1) is 18.0 Å². The zero-order chi connectivity index (χ0) is 16.6. The average molecular weight is 334 g/mol. The fourth-order valence-corrected chi connectivity index (χ4v) is 3.09. The van der Waals surface area contributed by atoms with Crippen LogP contribution >= 0.6 is 11.6 Å². The van der Waals surface area contributed by atoms with E-state index in [9.17, 15) is 4.79 Å². The summed E-state index contributed by atoms with van der Waals surface area (Å²) in [6, 6.07) is 5.71. The first-order chi connectivity index (χ1) is 11.0. The van der Waals surface area contributed by atoms with E-state index in [-0.39, 0.29) is 5.97 Å². The molecule has 3 rings (SSSR count). The second-order valence-corrected chi connectivity index (χ2v) is 6.26. The van der Waals surface area contributed by atoms with Gasteiger partial charge < -0.3 is 9.64 Å². The van der Waals surface area contributed by atoms with Crippen LogP contribution in [0.4, 0.5) is 0 Å². The molecule has 0 saturated heterocycles. The summed E-state index contributed by atoms with van der Waals surface area (Å²) in [4.78, 5) is 14.5. The number of carbonyl (C=O) groups is 1. The summed E-state index contributed by atoms with van der Waals surface area (Å²) in [7, 11) is 2.04. The zero-order valence-electron chi connectivity index (χ0n) is 13.6. The van der Waals surface area contributed by atoms with Crippen molar-refractivity contribution >= 4 is 17.6 Å². The molecule has 0 radical (unpaired) electrons. The Morgan fingerprint density at radius 1 is 1.43 bits per heavy atom. The predicted octanol–water partition coefficient (Wildman–Crippen LogP) is 3.00. The van der Waals surface area contributed by atoms with Crippen LogP contribution in [0, 0.1) is 6.92 Å². The van der Waals surface area contributed by atoms with Gasteiger partial charge in [-0.2, -0.15) is 5.10 Å². The van der Waals surface area contributed by atoms with Crippen LogP contribution in [-0.2, 0) is 17.7 Å². The molecule has 0 bridgehead atoms. The van der Waals surface area contributed by atoms with Crippen molar-refractivity contribution in [3.8, 4) is 5.69 Å². The number of esters is 1. The third kappa shape index (κ3) is 2.99. The van der Waals surface area contributed by atoms with Gasteiger partial charge in [-0.15, -0.1) is 0 Å². The smallest absolute Gasteiger partial charge is 0.359 e. The summed E-state index contributed by atoms with van der Waals surface area (Å²) in [6.07, 6.45) is 0.837. The summed E-state index contributed by atoms with van der Waals surface area (Å²) in [6.45, 7) is 5.78. The van der Waals surface area contributed by atoms with Crippen LogP contribution in [0.2, 0.25) is 5.02 Å². The van der Waals surface area contributed by atoms with Gasteiger partial charge in [-0.25, -0.2) is 9.48 Å². The lowest BCUT2D eigenvalue weighted by atomic mass is 10.1. The molecule has 2 aromatic rings. The Bertz CT molecular complexity index is 755. The number of benzene rings is 1. The maximum atomic E-state index is 12.3. The van der Waals surface area contributed by atoms with Gasteiger partial charge in [0.15, 0.2) is 5.69 Å². The number of halogens is 1. The minimum atomic E-state index is -0.363. The molecule has 0 unspecified atom stereocenters. The van der Waals surface area contributed by atoms with Gasteiger partial charge in [0.2, 0.25) is 0 Å². The molecule has 0 fully saturated rings. The second-order valence-electron chi connectivity index (χ2n) is 5.82. The molecule has 122 valence electrons. The molecule has 1 aliphatic rings. The van der Waals surface area contributed by atoms with E-state index in [2.05, 4.69) is 10.00 Å². The Labute approximate surface area is 140 Å². The third-order valence-electron chi connectivity index (χ3n) is 4.12. The Balaban J connectivity index is 2.16. The molecular weight excluding hydrogens is 314 g/mol. The van der Waals surface area contributed by atoms with Crippen molar-refractivity contribution in [2.75, 3.05) is 20.2 Å². The van der Waals surface area contributed by atoms with Crippen LogP contribution in [0.1, 0.15) is 34.2 Å². The highest BCUT2D eigenvalue weighted by molar-refractivity contribution is 6.30. The van der Waals surface area contributed by atoms with Crippen LogP contribution in [-0.4, -0.2) is 40.8 Å². The third-order valence-corrected chi connectivity index (χ3v) is 4.35. The summed E-state index contributed by atoms with van der Waals surface area (Å²) in [5.41, 5.74) is 4.41. The monoisotopic (exact) mass is 333 g/mol. The number of aryl methyl sites for hydroxylation is 1. The zero-order valence-corrected chi connectivity index (χ0v) is 14.4. The van der Waals surface area contributed by atoms with Gasteiger partial charge in [-0.05, 0) is 38.6 Å². The highest BCUT2D eigenvalue weighted by atomic mass is 35.5. The van der Waals surface area contributed by atoms with Gasteiger partial charge in [0.1, 0.15) is 0 Å². The topological polar surface area (TPSA) is 47.4 Å². The number of aromatic nitrogens is 2. The summed E-state index contributed by atoms with van der Waals surface area (Å²) >= 11 is 6.15. The van der Waals surface area contributed by atoms with Crippen LogP contribution in [0.3, 0.4) is 0 Å². The SMILES string of the molecule is CCOC(=O)c1nn(-c2cc(Cl)ccc2C)c2c1CN(C)CC2. The van der Waals surface area contributed by atoms with Gasteiger partial charge in [0.25, 0.3) is 0 Å². The van der Waals surface area contributed by atoms with E-state index < -0.39 is 0 Å². The normalized spacial score (nSPS) is 14.6. The van der Waals surface area contributed by atoms with Crippen molar-refractivity contribution in [2.24, 2.45) is 0 Å². The van der Waals surface area contributed by atoms with Crippen molar-refractivity contribution in [1.29, 1.82) is 0 Å². The quantitative estimate of drug-likeness (QED) is 0.810. The van der Waals surface area contributed by atoms with Crippen molar-refractivity contribution in [3.05, 3.63) is 45.7 Å². The minimum Gasteiger partial charge on any atom is -0.461 e. The Morgan fingerprint density at radius 3 is 2.96 bits per heavy atom. The molecule has 2 heterocycles. The number of carbonyl (C=O) groups excluding carboxylic acids is 1. The molecule has 1 aliphatic heterocycles. The maximum Gasteiger partial charge on any atom is 0.359 e. The number of nitrogens with zero attached hydrogens (tertiary/aromatic N) is 3. The Kier molecular flexibility index (Phi) is 4.41. The Morgan fingerprint density at radius 2 is 2.22 bits per heavy atom. The summed E-state index contributed by atoms with van der Waals surface area (Å²) in [5, 5.41) is 5.23. The predicted molar refractivity (Wildman–Crippen MR) is 89.3 cm³/mol. The van der Waals surface area contributed by atoms with Gasteiger partial charge in [-0.1, -0.05) is 17.7 Å². The van der Waals surface area contributed by atoms with E-state index in [0.717, 1.165) is 35.5 Å². The Hall–Kier alpha value is -1.85. The first-order valence-electron chi connectivity index (χ1n) is 7.74. The lowest BCUT2D eigenvalue weighted by Crippen LogP contribution is -2.28. The molecule has 1 aromatic heterocycles. The molecule has 0 atom stereocenters. The maximum absolute atomic E-state index is 12.3. The van der Waals surface area contributed by atoms with E-state index in [1.54, 1.807) is 6.92 Å². The molecule has 0 amide bonds. The van der Waals surface area contributed by atoms with Crippen LogP contribution < -0.4 is 0 Å². The lowest BCUT2D eigenvalue weighted by Gasteiger charge is -2.23. The molecule has 6 heteroatoms. The van der Waals surface area contributed by atoms with Crippen LogP contribution in [0.15, 0.2) is 18.2 Å². The van der Waals surface area contributed by atoms with E-state index in [4.69, 9.17) is 16.3 Å². The fraction of sp³-hybridized carbons (Fsp3) is 0.412. The van der Waals surface area contributed by atoms with E-state index in [1.807, 2.05) is 36.9 Å². The number of hydrogen-bond acceptors (Lipinski definition) is 4. The number of fused-ring (bicyclic) bond motifs is 1. The van der Waals surface area contributed by atoms with Crippen molar-refractivity contribution in [1.82, 2.24) is 14.7 Å². The second kappa shape index (κ2) is 6.34. The van der Waals surface area contributed by atoms with Gasteiger partial charge in [0, 0.05) is 30.1 Å². The van der Waals surface area contributed by atoms with Crippen LogP contribution in [0.25, 0.3) is 5.69 Å².